The van der Waals surface area contributed by atoms with Crippen molar-refractivity contribution in [3.63, 3.8) is 0 Å². The molecule has 1 aromatic heterocycles. The molecule has 0 saturated carbocycles. The maximum absolute atomic E-state index is 12.6. The first-order valence-corrected chi connectivity index (χ1v) is 8.22. The second-order valence-corrected chi connectivity index (χ2v) is 5.97. The number of aryl methyl sites for hydroxylation is 1. The van der Waals surface area contributed by atoms with Crippen LogP contribution in [0.4, 0.5) is 5.82 Å². The third-order valence-corrected chi connectivity index (χ3v) is 4.52. The second-order valence-electron chi connectivity index (χ2n) is 5.97. The van der Waals surface area contributed by atoms with Crippen LogP contribution in [-0.4, -0.2) is 48.4 Å². The van der Waals surface area contributed by atoms with Gasteiger partial charge in [0.2, 0.25) is 0 Å². The summed E-state index contributed by atoms with van der Waals surface area (Å²) in [4.78, 5) is 21.9. The van der Waals surface area contributed by atoms with E-state index in [4.69, 9.17) is 0 Å². The average Bonchev–Trinajstić information content (AvgIpc) is 2.62. The van der Waals surface area contributed by atoms with Crippen molar-refractivity contribution >= 4 is 11.6 Å². The summed E-state index contributed by atoms with van der Waals surface area (Å²) in [5.74, 6) is 1.01. The van der Waals surface area contributed by atoms with Gasteiger partial charge in [0.05, 0.1) is 0 Å². The van der Waals surface area contributed by atoms with E-state index in [-0.39, 0.29) is 5.78 Å². The lowest BCUT2D eigenvalue weighted by Crippen LogP contribution is -2.46. The molecule has 120 valence electrons. The minimum atomic E-state index is 0.0398. The van der Waals surface area contributed by atoms with Crippen LogP contribution < -0.4 is 4.90 Å². The fourth-order valence-corrected chi connectivity index (χ4v) is 2.99. The zero-order chi connectivity index (χ0) is 16.2. The van der Waals surface area contributed by atoms with Gasteiger partial charge in [-0.1, -0.05) is 37.3 Å². The molecule has 0 bridgehead atoms. The lowest BCUT2D eigenvalue weighted by atomic mass is 10.0. The number of nitrogens with zero attached hydrogens (tertiary/aromatic N) is 3. The Morgan fingerprint density at radius 1 is 1.13 bits per heavy atom. The van der Waals surface area contributed by atoms with E-state index in [1.54, 1.807) is 6.20 Å². The van der Waals surface area contributed by atoms with Crippen molar-refractivity contribution in [3.05, 3.63) is 59.3 Å². The van der Waals surface area contributed by atoms with Crippen molar-refractivity contribution in [1.29, 1.82) is 0 Å². The molecule has 0 aliphatic carbocycles. The Hall–Kier alpha value is -2.20. The van der Waals surface area contributed by atoms with Gasteiger partial charge in [0, 0.05) is 43.5 Å². The van der Waals surface area contributed by atoms with E-state index in [1.807, 2.05) is 43.3 Å². The number of hydrogen-bond acceptors (Lipinski definition) is 4. The molecule has 4 nitrogen and oxygen atoms in total. The van der Waals surface area contributed by atoms with Crippen LogP contribution in [0.15, 0.2) is 42.6 Å². The Labute approximate surface area is 137 Å². The van der Waals surface area contributed by atoms with Gasteiger partial charge in [0.25, 0.3) is 0 Å². The third-order valence-electron chi connectivity index (χ3n) is 4.52. The largest absolute Gasteiger partial charge is 0.354 e. The van der Waals surface area contributed by atoms with E-state index in [2.05, 4.69) is 21.7 Å². The molecule has 2 heterocycles. The van der Waals surface area contributed by atoms with Crippen LogP contribution in [0.25, 0.3) is 0 Å². The molecule has 0 N–H and O–H groups in total. The van der Waals surface area contributed by atoms with Gasteiger partial charge < -0.3 is 9.80 Å². The summed E-state index contributed by atoms with van der Waals surface area (Å²) in [5, 5.41) is 0. The Morgan fingerprint density at radius 3 is 2.43 bits per heavy atom. The fourth-order valence-electron chi connectivity index (χ4n) is 2.99. The molecule has 0 atom stereocenters. The van der Waals surface area contributed by atoms with Crippen LogP contribution in [-0.2, 0) is 0 Å². The highest BCUT2D eigenvalue weighted by atomic mass is 16.1. The molecule has 0 spiro atoms. The van der Waals surface area contributed by atoms with Crippen LogP contribution in [0.5, 0.6) is 0 Å². The number of piperazine rings is 1. The molecule has 1 fully saturated rings. The lowest BCUT2D eigenvalue weighted by molar-refractivity contribution is 0.103. The number of anilines is 1. The van der Waals surface area contributed by atoms with Gasteiger partial charge in [0.15, 0.2) is 5.78 Å². The number of benzene rings is 1. The van der Waals surface area contributed by atoms with Crippen molar-refractivity contribution in [2.75, 3.05) is 37.6 Å². The van der Waals surface area contributed by atoms with Crippen molar-refractivity contribution in [2.45, 2.75) is 13.8 Å². The Morgan fingerprint density at radius 2 is 1.83 bits per heavy atom. The zero-order valence-corrected chi connectivity index (χ0v) is 13.8. The number of ketones is 1. The minimum Gasteiger partial charge on any atom is -0.354 e. The number of carbonyl (C=O) groups is 1. The first-order valence-electron chi connectivity index (χ1n) is 8.22. The van der Waals surface area contributed by atoms with E-state index in [0.717, 1.165) is 44.1 Å². The summed E-state index contributed by atoms with van der Waals surface area (Å²) in [6.07, 6.45) is 1.73. The molecule has 0 radical (unpaired) electrons. The number of likely N-dealkylation sites (N-methyl/N-ethyl adjacent to an activating group) is 1. The highest BCUT2D eigenvalue weighted by Crippen LogP contribution is 2.20. The van der Waals surface area contributed by atoms with E-state index in [9.17, 15) is 4.79 Å². The molecule has 23 heavy (non-hydrogen) atoms. The molecular weight excluding hydrogens is 286 g/mol. The molecule has 0 amide bonds. The summed E-state index contributed by atoms with van der Waals surface area (Å²) >= 11 is 0. The molecule has 1 aliphatic heterocycles. The van der Waals surface area contributed by atoms with Crippen LogP contribution in [0.1, 0.15) is 28.4 Å². The van der Waals surface area contributed by atoms with Crippen molar-refractivity contribution in [3.8, 4) is 0 Å². The summed E-state index contributed by atoms with van der Waals surface area (Å²) in [7, 11) is 0. The minimum absolute atomic E-state index is 0.0398. The number of aromatic nitrogens is 1. The highest BCUT2D eigenvalue weighted by Gasteiger charge is 2.18. The molecule has 1 aliphatic rings. The molecule has 1 saturated heterocycles. The number of pyridine rings is 1. The zero-order valence-electron chi connectivity index (χ0n) is 13.8. The van der Waals surface area contributed by atoms with Crippen molar-refractivity contribution in [2.24, 2.45) is 0 Å². The fraction of sp³-hybridized carbons (Fsp3) is 0.368. The molecule has 2 aromatic rings. The van der Waals surface area contributed by atoms with Gasteiger partial charge in [-0.2, -0.15) is 0 Å². The highest BCUT2D eigenvalue weighted by molar-refractivity contribution is 6.09. The third kappa shape index (κ3) is 3.42. The van der Waals surface area contributed by atoms with E-state index in [0.29, 0.717) is 11.1 Å². The van der Waals surface area contributed by atoms with Crippen LogP contribution in [0.3, 0.4) is 0 Å². The van der Waals surface area contributed by atoms with Crippen molar-refractivity contribution < 1.29 is 4.79 Å². The summed E-state index contributed by atoms with van der Waals surface area (Å²) < 4.78 is 0. The van der Waals surface area contributed by atoms with Gasteiger partial charge in [-0.15, -0.1) is 0 Å². The normalized spacial score (nSPS) is 15.7. The molecule has 3 rings (SSSR count). The number of hydrogen-bond donors (Lipinski definition) is 0. The summed E-state index contributed by atoms with van der Waals surface area (Å²) in [6, 6.07) is 11.4. The predicted molar refractivity (Wildman–Crippen MR) is 93.2 cm³/mol. The molecule has 4 heteroatoms. The summed E-state index contributed by atoms with van der Waals surface area (Å²) in [5.41, 5.74) is 2.38. The number of rotatable bonds is 4. The smallest absolute Gasteiger partial charge is 0.194 e. The molecular formula is C19H23N3O. The SMILES string of the molecule is CCN1CCN(c2cc(C)c(C(=O)c3ccccc3)cn2)CC1. The van der Waals surface area contributed by atoms with Gasteiger partial charge >= 0.3 is 0 Å². The molecule has 0 unspecified atom stereocenters. The van der Waals surface area contributed by atoms with Crippen molar-refractivity contribution in [1.82, 2.24) is 9.88 Å². The number of carbonyl (C=O) groups excluding carboxylic acids is 1. The van der Waals surface area contributed by atoms with Crippen LogP contribution >= 0.6 is 0 Å². The first kappa shape index (κ1) is 15.7. The topological polar surface area (TPSA) is 36.4 Å². The van der Waals surface area contributed by atoms with Gasteiger partial charge in [-0.25, -0.2) is 4.98 Å². The van der Waals surface area contributed by atoms with Crippen LogP contribution in [0, 0.1) is 6.92 Å². The second kappa shape index (κ2) is 6.92. The van der Waals surface area contributed by atoms with Gasteiger partial charge in [-0.3, -0.25) is 4.79 Å². The van der Waals surface area contributed by atoms with Crippen LogP contribution in [0.2, 0.25) is 0 Å². The Balaban J connectivity index is 1.77. The van der Waals surface area contributed by atoms with E-state index in [1.165, 1.54) is 0 Å². The summed E-state index contributed by atoms with van der Waals surface area (Å²) in [6.45, 7) is 9.42. The monoisotopic (exact) mass is 309 g/mol. The maximum Gasteiger partial charge on any atom is 0.194 e. The van der Waals surface area contributed by atoms with Gasteiger partial charge in [0.1, 0.15) is 5.82 Å². The standard InChI is InChI=1S/C19H23N3O/c1-3-21-9-11-22(12-10-21)18-13-15(2)17(14-20-18)19(23)16-7-5-4-6-8-16/h4-8,13-14H,3,9-12H2,1-2H3. The maximum atomic E-state index is 12.6. The predicted octanol–water partition coefficient (Wildman–Crippen LogP) is 2.76. The first-order chi connectivity index (χ1) is 11.2. The Kier molecular flexibility index (Phi) is 4.72. The lowest BCUT2D eigenvalue weighted by Gasteiger charge is -2.34. The Bertz CT molecular complexity index is 676. The quantitative estimate of drug-likeness (QED) is 0.814. The van der Waals surface area contributed by atoms with E-state index < -0.39 is 0 Å². The average molecular weight is 309 g/mol. The van der Waals surface area contributed by atoms with Gasteiger partial charge in [-0.05, 0) is 25.1 Å². The molecule has 1 aromatic carbocycles. The van der Waals surface area contributed by atoms with E-state index >= 15 is 0 Å².